The first-order valence-electron chi connectivity index (χ1n) is 3.95. The fourth-order valence-electron chi connectivity index (χ4n) is 1.44. The van der Waals surface area contributed by atoms with Crippen LogP contribution >= 0.6 is 0 Å². The summed E-state index contributed by atoms with van der Waals surface area (Å²) in [6, 6.07) is 0. The molecule has 0 spiro atoms. The molecule has 0 bridgehead atoms. The highest BCUT2D eigenvalue weighted by molar-refractivity contribution is 4.84. The minimum Gasteiger partial charge on any atom is -0.392 e. The van der Waals surface area contributed by atoms with Crippen LogP contribution in [-0.4, -0.2) is 24.4 Å². The maximum Gasteiger partial charge on any atom is 0.0614 e. The molecule has 0 saturated carbocycles. The summed E-state index contributed by atoms with van der Waals surface area (Å²) in [5.41, 5.74) is 0.0365. The fraction of sp³-hybridized carbons (Fsp3) is 1.00. The molecule has 0 aromatic rings. The number of aliphatic hydroxyl groups is 1. The Morgan fingerprint density at radius 2 is 2.40 bits per heavy atom. The van der Waals surface area contributed by atoms with Crippen LogP contribution in [0.1, 0.15) is 26.7 Å². The average molecular weight is 144 g/mol. The first-order valence-corrected chi connectivity index (χ1v) is 3.95. The standard InChI is InChI=1S/C8H16O2/c1-3-7(9)8(2)4-5-10-6-8/h7,9H,3-6H2,1-2H3. The minimum absolute atomic E-state index is 0.0365. The Morgan fingerprint density at radius 1 is 1.70 bits per heavy atom. The molecule has 0 aromatic heterocycles. The van der Waals surface area contributed by atoms with E-state index in [1.807, 2.05) is 6.92 Å². The summed E-state index contributed by atoms with van der Waals surface area (Å²) in [5.74, 6) is 0. The van der Waals surface area contributed by atoms with Gasteiger partial charge in [0.2, 0.25) is 0 Å². The summed E-state index contributed by atoms with van der Waals surface area (Å²) < 4.78 is 5.22. The molecule has 1 heterocycles. The van der Waals surface area contributed by atoms with Crippen molar-refractivity contribution < 1.29 is 9.84 Å². The number of ether oxygens (including phenoxy) is 1. The second-order valence-corrected chi connectivity index (χ2v) is 3.38. The van der Waals surface area contributed by atoms with Crippen molar-refractivity contribution in [2.24, 2.45) is 5.41 Å². The Morgan fingerprint density at radius 3 is 2.80 bits per heavy atom. The molecule has 2 heteroatoms. The molecule has 1 aliphatic rings. The third-order valence-corrected chi connectivity index (χ3v) is 2.44. The van der Waals surface area contributed by atoms with Crippen LogP contribution in [-0.2, 0) is 4.74 Å². The Kier molecular flexibility index (Phi) is 2.32. The zero-order valence-electron chi connectivity index (χ0n) is 6.76. The van der Waals surface area contributed by atoms with E-state index in [0.717, 1.165) is 26.1 Å². The molecule has 1 rings (SSSR count). The minimum atomic E-state index is -0.185. The second kappa shape index (κ2) is 2.89. The molecule has 2 atom stereocenters. The van der Waals surface area contributed by atoms with E-state index in [9.17, 15) is 5.11 Å². The third kappa shape index (κ3) is 1.32. The lowest BCUT2D eigenvalue weighted by Crippen LogP contribution is -2.31. The predicted molar refractivity (Wildman–Crippen MR) is 39.8 cm³/mol. The number of aliphatic hydroxyl groups excluding tert-OH is 1. The SMILES string of the molecule is CCC(O)C1(C)CCOC1. The van der Waals surface area contributed by atoms with Crippen molar-refractivity contribution >= 4 is 0 Å². The lowest BCUT2D eigenvalue weighted by molar-refractivity contribution is 0.0248. The van der Waals surface area contributed by atoms with Crippen LogP contribution in [0.25, 0.3) is 0 Å². The fourth-order valence-corrected chi connectivity index (χ4v) is 1.44. The van der Waals surface area contributed by atoms with Crippen molar-refractivity contribution in [1.29, 1.82) is 0 Å². The summed E-state index contributed by atoms with van der Waals surface area (Å²) in [5, 5.41) is 9.54. The molecular formula is C8H16O2. The second-order valence-electron chi connectivity index (χ2n) is 3.38. The van der Waals surface area contributed by atoms with Crippen LogP contribution in [0.5, 0.6) is 0 Å². The summed E-state index contributed by atoms with van der Waals surface area (Å²) in [6.45, 7) is 5.64. The predicted octanol–water partition coefficient (Wildman–Crippen LogP) is 1.18. The van der Waals surface area contributed by atoms with Gasteiger partial charge in [0.15, 0.2) is 0 Å². The molecule has 2 unspecified atom stereocenters. The van der Waals surface area contributed by atoms with Crippen molar-refractivity contribution in [3.8, 4) is 0 Å². The lowest BCUT2D eigenvalue weighted by Gasteiger charge is -2.27. The Hall–Kier alpha value is -0.0800. The van der Waals surface area contributed by atoms with Crippen LogP contribution in [0.15, 0.2) is 0 Å². The third-order valence-electron chi connectivity index (χ3n) is 2.44. The Balaban J connectivity index is 2.49. The van der Waals surface area contributed by atoms with E-state index in [0.29, 0.717) is 0 Å². The van der Waals surface area contributed by atoms with Gasteiger partial charge in [0.25, 0.3) is 0 Å². The lowest BCUT2D eigenvalue weighted by atomic mass is 9.82. The normalized spacial score (nSPS) is 36.3. The van der Waals surface area contributed by atoms with Gasteiger partial charge in [-0.25, -0.2) is 0 Å². The molecule has 0 aliphatic carbocycles. The molecule has 1 aliphatic heterocycles. The molecule has 0 aromatic carbocycles. The maximum absolute atomic E-state index is 9.54. The summed E-state index contributed by atoms with van der Waals surface area (Å²) in [4.78, 5) is 0. The van der Waals surface area contributed by atoms with Gasteiger partial charge in [-0.05, 0) is 12.8 Å². The largest absolute Gasteiger partial charge is 0.392 e. The molecule has 0 radical (unpaired) electrons. The average Bonchev–Trinajstić information content (AvgIpc) is 2.36. The molecule has 1 saturated heterocycles. The highest BCUT2D eigenvalue weighted by atomic mass is 16.5. The first kappa shape index (κ1) is 8.02. The van der Waals surface area contributed by atoms with Gasteiger partial charge >= 0.3 is 0 Å². The van der Waals surface area contributed by atoms with Gasteiger partial charge in [-0.15, -0.1) is 0 Å². The Labute approximate surface area is 62.2 Å². The molecule has 1 fully saturated rings. The van der Waals surface area contributed by atoms with Gasteiger partial charge in [-0.1, -0.05) is 13.8 Å². The smallest absolute Gasteiger partial charge is 0.0614 e. The van der Waals surface area contributed by atoms with Crippen LogP contribution in [0.2, 0.25) is 0 Å². The van der Waals surface area contributed by atoms with Crippen molar-refractivity contribution in [3.05, 3.63) is 0 Å². The topological polar surface area (TPSA) is 29.5 Å². The van der Waals surface area contributed by atoms with Crippen molar-refractivity contribution in [3.63, 3.8) is 0 Å². The number of rotatable bonds is 2. The van der Waals surface area contributed by atoms with Crippen molar-refractivity contribution in [1.82, 2.24) is 0 Å². The number of hydrogen-bond acceptors (Lipinski definition) is 2. The summed E-state index contributed by atoms with van der Waals surface area (Å²) in [6.07, 6.45) is 1.65. The van der Waals surface area contributed by atoms with Gasteiger partial charge in [-0.2, -0.15) is 0 Å². The van der Waals surface area contributed by atoms with Crippen LogP contribution < -0.4 is 0 Å². The quantitative estimate of drug-likeness (QED) is 0.630. The summed E-state index contributed by atoms with van der Waals surface area (Å²) >= 11 is 0. The van der Waals surface area contributed by atoms with Gasteiger partial charge in [0.1, 0.15) is 0 Å². The Bertz CT molecular complexity index is 106. The highest BCUT2D eigenvalue weighted by Crippen LogP contribution is 2.32. The van der Waals surface area contributed by atoms with Gasteiger partial charge in [0.05, 0.1) is 12.7 Å². The van der Waals surface area contributed by atoms with Gasteiger partial charge < -0.3 is 9.84 Å². The molecule has 0 amide bonds. The monoisotopic (exact) mass is 144 g/mol. The van der Waals surface area contributed by atoms with Gasteiger partial charge in [-0.3, -0.25) is 0 Å². The highest BCUT2D eigenvalue weighted by Gasteiger charge is 2.35. The van der Waals surface area contributed by atoms with E-state index in [4.69, 9.17) is 4.74 Å². The van der Waals surface area contributed by atoms with Crippen LogP contribution in [0.4, 0.5) is 0 Å². The van der Waals surface area contributed by atoms with Crippen molar-refractivity contribution in [2.75, 3.05) is 13.2 Å². The van der Waals surface area contributed by atoms with Crippen LogP contribution in [0, 0.1) is 5.41 Å². The first-order chi connectivity index (χ1) is 4.69. The van der Waals surface area contributed by atoms with Crippen molar-refractivity contribution in [2.45, 2.75) is 32.8 Å². The maximum atomic E-state index is 9.54. The summed E-state index contributed by atoms with van der Waals surface area (Å²) in [7, 11) is 0. The molecule has 10 heavy (non-hydrogen) atoms. The van der Waals surface area contributed by atoms with E-state index < -0.39 is 0 Å². The van der Waals surface area contributed by atoms with E-state index in [-0.39, 0.29) is 11.5 Å². The molecular weight excluding hydrogens is 128 g/mol. The number of hydrogen-bond donors (Lipinski definition) is 1. The zero-order valence-corrected chi connectivity index (χ0v) is 6.76. The van der Waals surface area contributed by atoms with E-state index in [2.05, 4.69) is 6.92 Å². The molecule has 2 nitrogen and oxygen atoms in total. The molecule has 1 N–H and O–H groups in total. The zero-order chi connectivity index (χ0) is 7.61. The van der Waals surface area contributed by atoms with E-state index in [1.165, 1.54) is 0 Å². The van der Waals surface area contributed by atoms with Crippen LogP contribution in [0.3, 0.4) is 0 Å². The van der Waals surface area contributed by atoms with E-state index in [1.54, 1.807) is 0 Å². The molecule has 60 valence electrons. The van der Waals surface area contributed by atoms with Gasteiger partial charge in [0, 0.05) is 12.0 Å². The van der Waals surface area contributed by atoms with E-state index >= 15 is 0 Å².